The maximum atomic E-state index is 0. The molecule has 4 radical (unpaired) electrons. The van der Waals surface area contributed by atoms with E-state index >= 15 is 0 Å². The van der Waals surface area contributed by atoms with Crippen LogP contribution in [0.4, 0.5) is 0 Å². The van der Waals surface area contributed by atoms with E-state index in [1.165, 1.54) is 0 Å². The van der Waals surface area contributed by atoms with Crippen LogP contribution in [0.25, 0.3) is 0 Å². The molecule has 0 saturated carbocycles. The van der Waals surface area contributed by atoms with Crippen molar-refractivity contribution >= 4 is 77.4 Å². The molecule has 0 heterocycles. The predicted molar refractivity (Wildman–Crippen MR) is 27.0 cm³/mol. The molecule has 4 heavy (non-hydrogen) atoms. The van der Waals surface area contributed by atoms with Gasteiger partial charge in [-0.15, -0.1) is 0 Å². The molecule has 0 bridgehead atoms. The van der Waals surface area contributed by atoms with E-state index in [0.717, 1.165) is 0 Å². The molecule has 0 amide bonds. The van der Waals surface area contributed by atoms with Gasteiger partial charge in [-0.3, -0.25) is 0 Å². The summed E-state index contributed by atoms with van der Waals surface area (Å²) in [5.74, 6) is 0. The van der Waals surface area contributed by atoms with E-state index in [2.05, 4.69) is 0 Å². The third kappa shape index (κ3) is 9.10. The van der Waals surface area contributed by atoms with Gasteiger partial charge in [0.15, 0.2) is 0 Å². The molecule has 0 aromatic heterocycles. The molecular formula is H7BiCdPbSn. The first-order valence-electron chi connectivity index (χ1n) is 0. The Balaban J connectivity index is 0. The molecule has 0 aromatic rings. The average molecular weight is 654 g/mol. The van der Waals surface area contributed by atoms with Crippen LogP contribution in [0.2, 0.25) is 0 Å². The first-order valence-corrected chi connectivity index (χ1v) is 0. The quantitative estimate of drug-likeness (QED) is 0.245. The van der Waals surface area contributed by atoms with Crippen LogP contribution >= 0.6 is 0 Å². The SMILES string of the molecule is [BiH3].[Cd].[PbH2].[SnH2]. The molecule has 0 fully saturated rings. The number of hydrogen-bond acceptors (Lipinski definition) is 0. The molecule has 0 saturated heterocycles. The summed E-state index contributed by atoms with van der Waals surface area (Å²) in [4.78, 5) is 0. The van der Waals surface area contributed by atoms with Crippen molar-refractivity contribution in [3.8, 4) is 0 Å². The van der Waals surface area contributed by atoms with Crippen LogP contribution in [0.5, 0.6) is 0 Å². The summed E-state index contributed by atoms with van der Waals surface area (Å²) in [6.07, 6.45) is 0. The Kier molecular flexibility index (Phi) is 103. The van der Waals surface area contributed by atoms with E-state index in [1.807, 2.05) is 0 Å². The molecule has 4 heteroatoms. The zero-order chi connectivity index (χ0) is 0. The van der Waals surface area contributed by atoms with Crippen LogP contribution in [0.15, 0.2) is 0 Å². The van der Waals surface area contributed by atoms with E-state index in [0.29, 0.717) is 0 Å². The summed E-state index contributed by atoms with van der Waals surface area (Å²) in [5, 5.41) is 0. The Hall–Kier alpha value is 3.53. The van der Waals surface area contributed by atoms with Crippen molar-refractivity contribution in [2.24, 2.45) is 0 Å². The van der Waals surface area contributed by atoms with Crippen LogP contribution in [-0.4, -0.2) is 77.4 Å². The second-order valence-electron chi connectivity index (χ2n) is 0. The summed E-state index contributed by atoms with van der Waals surface area (Å²) >= 11 is 0. The van der Waals surface area contributed by atoms with Crippen molar-refractivity contribution in [2.45, 2.75) is 0 Å². The summed E-state index contributed by atoms with van der Waals surface area (Å²) < 4.78 is 0. The third-order valence-corrected chi connectivity index (χ3v) is 0. The molecule has 0 aliphatic carbocycles. The van der Waals surface area contributed by atoms with Crippen LogP contribution in [0, 0.1) is 0 Å². The molecule has 0 N–H and O–H groups in total. The molecule has 0 nitrogen and oxygen atoms in total. The van der Waals surface area contributed by atoms with E-state index in [-0.39, 0.29) is 105 Å². The molecule has 22 valence electrons. The fourth-order valence-electron chi connectivity index (χ4n) is 0. The van der Waals surface area contributed by atoms with Crippen LogP contribution in [-0.2, 0) is 27.3 Å². The van der Waals surface area contributed by atoms with E-state index < -0.39 is 0 Å². The number of hydrogen-bond donors (Lipinski definition) is 0. The second kappa shape index (κ2) is 16.0. The van der Waals surface area contributed by atoms with Gasteiger partial charge in [-0.2, -0.15) is 0 Å². The normalized spacial score (nSPS) is 0. The van der Waals surface area contributed by atoms with Gasteiger partial charge in [-0.05, 0) is 0 Å². The zero-order valence-corrected chi connectivity index (χ0v) is 21.9. The van der Waals surface area contributed by atoms with Gasteiger partial charge in [0.1, 0.15) is 0 Å². The first-order chi connectivity index (χ1) is 0. The topological polar surface area (TPSA) is 0 Å². The summed E-state index contributed by atoms with van der Waals surface area (Å²) in [6, 6.07) is 0. The van der Waals surface area contributed by atoms with Gasteiger partial charge < -0.3 is 0 Å². The Labute approximate surface area is 102 Å². The molecule has 0 atom stereocenters. The van der Waals surface area contributed by atoms with E-state index in [9.17, 15) is 0 Å². The zero-order valence-electron chi connectivity index (χ0n) is 2.83. The minimum atomic E-state index is 0. The Bertz CT molecular complexity index is 8.00. The molecule has 0 spiro atoms. The van der Waals surface area contributed by atoms with Crippen LogP contribution in [0.1, 0.15) is 0 Å². The van der Waals surface area contributed by atoms with Gasteiger partial charge in [0.2, 0.25) is 0 Å². The molecule has 0 aliphatic heterocycles. The standard InChI is InChI=1S/Bi.Cd.Pb.Sn.7H. The molecule has 0 rings (SSSR count). The van der Waals surface area contributed by atoms with Gasteiger partial charge >= 0.3 is 77.4 Å². The molecule has 0 aliphatic rings. The second-order valence-corrected chi connectivity index (χ2v) is 0. The Morgan fingerprint density at radius 2 is 1.00 bits per heavy atom. The van der Waals surface area contributed by atoms with Gasteiger partial charge in [0.25, 0.3) is 0 Å². The van der Waals surface area contributed by atoms with Crippen molar-refractivity contribution in [1.29, 1.82) is 0 Å². The fourth-order valence-corrected chi connectivity index (χ4v) is 0. The van der Waals surface area contributed by atoms with Crippen LogP contribution in [0.3, 0.4) is 0 Å². The van der Waals surface area contributed by atoms with Gasteiger partial charge in [-0.1, -0.05) is 0 Å². The van der Waals surface area contributed by atoms with E-state index in [4.69, 9.17) is 0 Å². The third-order valence-electron chi connectivity index (χ3n) is 0. The van der Waals surface area contributed by atoms with E-state index in [1.54, 1.807) is 0 Å². The van der Waals surface area contributed by atoms with Crippen molar-refractivity contribution in [3.05, 3.63) is 0 Å². The van der Waals surface area contributed by atoms with Gasteiger partial charge in [-0.25, -0.2) is 0 Å². The predicted octanol–water partition coefficient (Wildman–Crippen LogP) is -3.02. The molecule has 0 aromatic carbocycles. The van der Waals surface area contributed by atoms with Crippen molar-refractivity contribution in [3.63, 3.8) is 0 Å². The summed E-state index contributed by atoms with van der Waals surface area (Å²) in [5.41, 5.74) is 0. The molecule has 0 unspecified atom stereocenters. The summed E-state index contributed by atoms with van der Waals surface area (Å²) in [6.45, 7) is 0. The Morgan fingerprint density at radius 3 is 1.00 bits per heavy atom. The minimum absolute atomic E-state index is 0. The summed E-state index contributed by atoms with van der Waals surface area (Å²) in [7, 11) is 0. The Morgan fingerprint density at radius 1 is 1.00 bits per heavy atom. The van der Waals surface area contributed by atoms with Gasteiger partial charge in [0.05, 0.1) is 0 Å². The number of rotatable bonds is 0. The van der Waals surface area contributed by atoms with Crippen LogP contribution < -0.4 is 0 Å². The van der Waals surface area contributed by atoms with Crippen molar-refractivity contribution in [1.82, 2.24) is 0 Å². The van der Waals surface area contributed by atoms with Gasteiger partial charge in [0, 0.05) is 27.3 Å². The first kappa shape index (κ1) is 25.8. The molecular weight excluding hydrogens is 647 g/mol. The maximum absolute atomic E-state index is 0. The van der Waals surface area contributed by atoms with Crippen molar-refractivity contribution in [2.75, 3.05) is 0 Å². The van der Waals surface area contributed by atoms with Crippen molar-refractivity contribution < 1.29 is 27.3 Å². The monoisotopic (exact) mass is 658 g/mol. The average Bonchev–Trinajstić information content (AvgIpc) is 0. The fraction of sp³-hybridized carbons (Fsp3) is 0.